The molecule has 21 heavy (non-hydrogen) atoms. The Hall–Kier alpha value is -1.94. The Morgan fingerprint density at radius 1 is 1.33 bits per heavy atom. The highest BCUT2D eigenvalue weighted by atomic mass is 35.5. The summed E-state index contributed by atoms with van der Waals surface area (Å²) in [6.45, 7) is 2.66. The molecule has 0 aliphatic heterocycles. The van der Waals surface area contributed by atoms with E-state index >= 15 is 0 Å². The van der Waals surface area contributed by atoms with Crippen LogP contribution >= 0.6 is 11.6 Å². The molecule has 1 aliphatic carbocycles. The zero-order chi connectivity index (χ0) is 14.8. The average Bonchev–Trinajstić information content (AvgIpc) is 3.28. The summed E-state index contributed by atoms with van der Waals surface area (Å²) in [4.78, 5) is 4.44. The molecule has 1 heterocycles. The van der Waals surface area contributed by atoms with Crippen molar-refractivity contribution in [2.24, 2.45) is 5.92 Å². The lowest BCUT2D eigenvalue weighted by Gasteiger charge is -2.12. The fraction of sp³-hybridized carbons (Fsp3) is 0.312. The third kappa shape index (κ3) is 3.39. The fourth-order valence-corrected chi connectivity index (χ4v) is 2.17. The number of nitrogens with two attached hydrogens (primary N) is 1. The van der Waals surface area contributed by atoms with Crippen LogP contribution in [-0.4, -0.2) is 11.6 Å². The molecule has 0 unspecified atom stereocenters. The van der Waals surface area contributed by atoms with Gasteiger partial charge in [-0.2, -0.15) is 4.98 Å². The Morgan fingerprint density at radius 2 is 2.14 bits per heavy atom. The molecular formula is C16H18ClN3O. The van der Waals surface area contributed by atoms with E-state index in [1.54, 1.807) is 6.07 Å². The summed E-state index contributed by atoms with van der Waals surface area (Å²) in [6, 6.07) is 9.36. The van der Waals surface area contributed by atoms with Crippen molar-refractivity contribution in [1.82, 2.24) is 4.98 Å². The number of aromatic nitrogens is 1. The summed E-state index contributed by atoms with van der Waals surface area (Å²) in [5, 5.41) is 3.98. The van der Waals surface area contributed by atoms with Crippen LogP contribution in [0.2, 0.25) is 5.02 Å². The van der Waals surface area contributed by atoms with Gasteiger partial charge in [0.25, 0.3) is 0 Å². The van der Waals surface area contributed by atoms with Crippen LogP contribution in [0.4, 0.5) is 17.2 Å². The zero-order valence-corrected chi connectivity index (χ0v) is 12.7. The van der Waals surface area contributed by atoms with E-state index in [4.69, 9.17) is 22.1 Å². The van der Waals surface area contributed by atoms with Crippen LogP contribution in [0.5, 0.6) is 5.88 Å². The maximum absolute atomic E-state index is 6.12. The largest absolute Gasteiger partial charge is 0.476 e. The topological polar surface area (TPSA) is 60.2 Å². The normalized spacial score (nSPS) is 14.0. The van der Waals surface area contributed by atoms with Gasteiger partial charge in [-0.3, -0.25) is 0 Å². The molecule has 1 fully saturated rings. The van der Waals surface area contributed by atoms with Gasteiger partial charge in [0.1, 0.15) is 5.82 Å². The van der Waals surface area contributed by atoms with Gasteiger partial charge in [0.15, 0.2) is 0 Å². The van der Waals surface area contributed by atoms with Gasteiger partial charge in [-0.15, -0.1) is 0 Å². The summed E-state index contributed by atoms with van der Waals surface area (Å²) in [5.41, 5.74) is 8.37. The Kier molecular flexibility index (Phi) is 3.88. The van der Waals surface area contributed by atoms with Crippen molar-refractivity contribution in [3.05, 3.63) is 40.9 Å². The molecule has 4 nitrogen and oxygen atoms in total. The van der Waals surface area contributed by atoms with Crippen LogP contribution in [0.3, 0.4) is 0 Å². The van der Waals surface area contributed by atoms with Gasteiger partial charge in [0.2, 0.25) is 5.88 Å². The lowest BCUT2D eigenvalue weighted by atomic mass is 10.2. The SMILES string of the molecule is Cc1c(Cl)cccc1Nc1ccc(N)c(OCC2CC2)n1. The van der Waals surface area contributed by atoms with Crippen LogP contribution in [-0.2, 0) is 0 Å². The number of halogens is 1. The minimum Gasteiger partial charge on any atom is -0.476 e. The van der Waals surface area contributed by atoms with Crippen molar-refractivity contribution in [2.45, 2.75) is 19.8 Å². The Balaban J connectivity index is 1.78. The quantitative estimate of drug-likeness (QED) is 0.871. The van der Waals surface area contributed by atoms with Gasteiger partial charge in [0, 0.05) is 10.7 Å². The lowest BCUT2D eigenvalue weighted by molar-refractivity contribution is 0.290. The molecule has 0 spiro atoms. The van der Waals surface area contributed by atoms with Crippen molar-refractivity contribution in [2.75, 3.05) is 17.7 Å². The first-order chi connectivity index (χ1) is 10.1. The molecule has 1 aromatic heterocycles. The zero-order valence-electron chi connectivity index (χ0n) is 11.9. The van der Waals surface area contributed by atoms with Crippen LogP contribution in [0, 0.1) is 12.8 Å². The second-order valence-electron chi connectivity index (χ2n) is 5.38. The molecule has 3 N–H and O–H groups in total. The van der Waals surface area contributed by atoms with Crippen molar-refractivity contribution < 1.29 is 4.74 Å². The highest BCUT2D eigenvalue weighted by Crippen LogP contribution is 2.31. The number of nitrogen functional groups attached to an aromatic ring is 1. The van der Waals surface area contributed by atoms with Gasteiger partial charge in [-0.1, -0.05) is 17.7 Å². The molecule has 3 rings (SSSR count). The van der Waals surface area contributed by atoms with Crippen molar-refractivity contribution in [3.63, 3.8) is 0 Å². The highest BCUT2D eigenvalue weighted by Gasteiger charge is 2.22. The van der Waals surface area contributed by atoms with Gasteiger partial charge in [0.05, 0.1) is 12.3 Å². The summed E-state index contributed by atoms with van der Waals surface area (Å²) in [5.74, 6) is 1.85. The first-order valence-corrected chi connectivity index (χ1v) is 7.43. The van der Waals surface area contributed by atoms with E-state index in [1.807, 2.05) is 31.2 Å². The monoisotopic (exact) mass is 303 g/mol. The molecule has 0 radical (unpaired) electrons. The average molecular weight is 304 g/mol. The summed E-state index contributed by atoms with van der Waals surface area (Å²) in [7, 11) is 0. The smallest absolute Gasteiger partial charge is 0.239 e. The van der Waals surface area contributed by atoms with Crippen LogP contribution in [0.1, 0.15) is 18.4 Å². The maximum atomic E-state index is 6.12. The number of hydrogen-bond donors (Lipinski definition) is 2. The van der Waals surface area contributed by atoms with Crippen LogP contribution in [0.15, 0.2) is 30.3 Å². The van der Waals surface area contributed by atoms with Crippen molar-refractivity contribution >= 4 is 28.8 Å². The molecular weight excluding hydrogens is 286 g/mol. The van der Waals surface area contributed by atoms with E-state index in [0.717, 1.165) is 16.3 Å². The Bertz CT molecular complexity index is 656. The van der Waals surface area contributed by atoms with E-state index in [0.29, 0.717) is 29.9 Å². The van der Waals surface area contributed by atoms with Crippen LogP contribution in [0.25, 0.3) is 0 Å². The molecule has 1 aromatic carbocycles. The standard InChI is InChI=1S/C16H18ClN3O/c1-10-12(17)3-2-4-14(10)19-15-8-7-13(18)16(20-15)21-9-11-5-6-11/h2-4,7-8,11H,5-6,9,18H2,1H3,(H,19,20). The van der Waals surface area contributed by atoms with Gasteiger partial charge >= 0.3 is 0 Å². The second-order valence-corrected chi connectivity index (χ2v) is 5.79. The number of anilines is 3. The van der Waals surface area contributed by atoms with E-state index < -0.39 is 0 Å². The number of nitrogens with one attached hydrogen (secondary N) is 1. The van der Waals surface area contributed by atoms with Gasteiger partial charge < -0.3 is 15.8 Å². The molecule has 5 heteroatoms. The predicted molar refractivity (Wildman–Crippen MR) is 86.3 cm³/mol. The summed E-state index contributed by atoms with van der Waals surface area (Å²) in [6.07, 6.45) is 2.47. The van der Waals surface area contributed by atoms with E-state index in [-0.39, 0.29) is 0 Å². The molecule has 0 atom stereocenters. The third-order valence-corrected chi connectivity index (χ3v) is 3.98. The molecule has 1 saturated carbocycles. The molecule has 0 amide bonds. The number of benzene rings is 1. The van der Waals surface area contributed by atoms with Gasteiger partial charge in [-0.05, 0) is 55.5 Å². The highest BCUT2D eigenvalue weighted by molar-refractivity contribution is 6.31. The second kappa shape index (κ2) is 5.82. The molecule has 0 bridgehead atoms. The maximum Gasteiger partial charge on any atom is 0.239 e. The lowest BCUT2D eigenvalue weighted by Crippen LogP contribution is -2.05. The predicted octanol–water partition coefficient (Wildman–Crippen LogP) is 4.16. The molecule has 1 aliphatic rings. The van der Waals surface area contributed by atoms with E-state index in [1.165, 1.54) is 12.8 Å². The number of rotatable bonds is 5. The summed E-state index contributed by atoms with van der Waals surface area (Å²) >= 11 is 6.12. The number of pyridine rings is 1. The van der Waals surface area contributed by atoms with Crippen LogP contribution < -0.4 is 15.8 Å². The van der Waals surface area contributed by atoms with Gasteiger partial charge in [-0.25, -0.2) is 0 Å². The number of ether oxygens (including phenoxy) is 1. The Labute approximate surface area is 129 Å². The summed E-state index contributed by atoms with van der Waals surface area (Å²) < 4.78 is 5.69. The minimum atomic E-state index is 0.492. The van der Waals surface area contributed by atoms with Crippen molar-refractivity contribution in [3.8, 4) is 5.88 Å². The molecule has 110 valence electrons. The molecule has 2 aromatic rings. The van der Waals surface area contributed by atoms with E-state index in [2.05, 4.69) is 10.3 Å². The van der Waals surface area contributed by atoms with Crippen molar-refractivity contribution in [1.29, 1.82) is 0 Å². The third-order valence-electron chi connectivity index (χ3n) is 3.57. The minimum absolute atomic E-state index is 0.492. The first-order valence-electron chi connectivity index (χ1n) is 7.05. The number of hydrogen-bond acceptors (Lipinski definition) is 4. The number of nitrogens with zero attached hydrogens (tertiary/aromatic N) is 1. The Morgan fingerprint density at radius 3 is 2.90 bits per heavy atom. The molecule has 0 saturated heterocycles. The first kappa shape index (κ1) is 14.0. The fourth-order valence-electron chi connectivity index (χ4n) is 2.00. The van der Waals surface area contributed by atoms with E-state index in [9.17, 15) is 0 Å².